The van der Waals surface area contributed by atoms with Crippen molar-refractivity contribution < 1.29 is 4.79 Å². The molecule has 0 aromatic carbocycles. The van der Waals surface area contributed by atoms with Gasteiger partial charge in [-0.25, -0.2) is 0 Å². The zero-order chi connectivity index (χ0) is 11.4. The Balaban J connectivity index is 1.83. The summed E-state index contributed by atoms with van der Waals surface area (Å²) < 4.78 is 0. The number of thiophene rings is 1. The first-order valence-electron chi connectivity index (χ1n) is 5.81. The fourth-order valence-electron chi connectivity index (χ4n) is 2.34. The van der Waals surface area contributed by atoms with Gasteiger partial charge in [0.15, 0.2) is 0 Å². The van der Waals surface area contributed by atoms with E-state index in [0.717, 1.165) is 17.7 Å². The molecule has 2 atom stereocenters. The molecule has 1 aromatic rings. The van der Waals surface area contributed by atoms with Crippen LogP contribution in [-0.2, 0) is 11.2 Å². The van der Waals surface area contributed by atoms with Crippen molar-refractivity contribution in [3.05, 3.63) is 22.4 Å². The second-order valence-corrected chi connectivity index (χ2v) is 5.39. The van der Waals surface area contributed by atoms with Crippen molar-refractivity contribution in [1.29, 1.82) is 0 Å². The fraction of sp³-hybridized carbons (Fsp3) is 0.583. The third-order valence-electron chi connectivity index (χ3n) is 3.22. The number of hydrogen-bond donors (Lipinski definition) is 2. The van der Waals surface area contributed by atoms with E-state index in [4.69, 9.17) is 5.73 Å². The van der Waals surface area contributed by atoms with E-state index in [1.807, 2.05) is 17.5 Å². The number of rotatable bonds is 4. The van der Waals surface area contributed by atoms with Gasteiger partial charge in [0, 0.05) is 10.9 Å². The van der Waals surface area contributed by atoms with E-state index in [2.05, 4.69) is 5.32 Å². The molecule has 0 bridgehead atoms. The Labute approximate surface area is 100 Å². The highest BCUT2D eigenvalue weighted by Crippen LogP contribution is 2.24. The maximum absolute atomic E-state index is 11.8. The van der Waals surface area contributed by atoms with E-state index in [0.29, 0.717) is 24.9 Å². The highest BCUT2D eigenvalue weighted by molar-refractivity contribution is 7.10. The van der Waals surface area contributed by atoms with Gasteiger partial charge in [0.2, 0.25) is 5.91 Å². The Bertz CT molecular complexity index is 337. The van der Waals surface area contributed by atoms with Crippen LogP contribution < -0.4 is 11.1 Å². The molecule has 2 rings (SSSR count). The van der Waals surface area contributed by atoms with E-state index >= 15 is 0 Å². The van der Waals surface area contributed by atoms with Crippen molar-refractivity contribution in [2.75, 3.05) is 6.54 Å². The molecule has 1 aliphatic rings. The molecule has 1 aliphatic carbocycles. The summed E-state index contributed by atoms with van der Waals surface area (Å²) in [7, 11) is 0. The van der Waals surface area contributed by atoms with Gasteiger partial charge in [0.25, 0.3) is 0 Å². The van der Waals surface area contributed by atoms with Gasteiger partial charge in [-0.2, -0.15) is 0 Å². The summed E-state index contributed by atoms with van der Waals surface area (Å²) in [5.41, 5.74) is 5.69. The zero-order valence-corrected chi connectivity index (χ0v) is 10.1. The van der Waals surface area contributed by atoms with Gasteiger partial charge in [-0.1, -0.05) is 12.5 Å². The summed E-state index contributed by atoms with van der Waals surface area (Å²) in [4.78, 5) is 12.9. The molecule has 4 heteroatoms. The maximum Gasteiger partial charge on any atom is 0.225 e. The Morgan fingerprint density at radius 3 is 3.12 bits per heavy atom. The van der Waals surface area contributed by atoms with Gasteiger partial charge < -0.3 is 11.1 Å². The lowest BCUT2D eigenvalue weighted by molar-refractivity contribution is -0.121. The predicted molar refractivity (Wildman–Crippen MR) is 66.3 cm³/mol. The van der Waals surface area contributed by atoms with Crippen molar-refractivity contribution in [2.45, 2.75) is 31.7 Å². The lowest BCUT2D eigenvalue weighted by Gasteiger charge is -2.19. The van der Waals surface area contributed by atoms with Crippen molar-refractivity contribution in [2.24, 2.45) is 11.7 Å². The average molecular weight is 238 g/mol. The predicted octanol–water partition coefficient (Wildman–Crippen LogP) is 1.53. The summed E-state index contributed by atoms with van der Waals surface area (Å²) in [6.07, 6.45) is 3.93. The quantitative estimate of drug-likeness (QED) is 0.836. The second kappa shape index (κ2) is 5.46. The molecule has 3 nitrogen and oxygen atoms in total. The SMILES string of the molecule is NCC1CCCC1NC(=O)Cc1cccs1. The summed E-state index contributed by atoms with van der Waals surface area (Å²) in [6.45, 7) is 0.684. The molecule has 88 valence electrons. The first-order chi connectivity index (χ1) is 7.79. The topological polar surface area (TPSA) is 55.1 Å². The monoisotopic (exact) mass is 238 g/mol. The van der Waals surface area contributed by atoms with Crippen LogP contribution in [0.5, 0.6) is 0 Å². The van der Waals surface area contributed by atoms with Gasteiger partial charge >= 0.3 is 0 Å². The van der Waals surface area contributed by atoms with E-state index in [1.54, 1.807) is 11.3 Å². The minimum atomic E-state index is 0.132. The largest absolute Gasteiger partial charge is 0.353 e. The van der Waals surface area contributed by atoms with E-state index < -0.39 is 0 Å². The molecule has 0 spiro atoms. The van der Waals surface area contributed by atoms with Crippen LogP contribution in [0.25, 0.3) is 0 Å². The number of amides is 1. The highest BCUT2D eigenvalue weighted by Gasteiger charge is 2.27. The summed E-state index contributed by atoms with van der Waals surface area (Å²) >= 11 is 1.63. The lowest BCUT2D eigenvalue weighted by Crippen LogP contribution is -2.40. The van der Waals surface area contributed by atoms with Crippen molar-refractivity contribution in [3.63, 3.8) is 0 Å². The minimum absolute atomic E-state index is 0.132. The molecule has 0 radical (unpaired) electrons. The van der Waals surface area contributed by atoms with E-state index in [9.17, 15) is 4.79 Å². The summed E-state index contributed by atoms with van der Waals surface area (Å²) in [5.74, 6) is 0.611. The van der Waals surface area contributed by atoms with Crippen molar-refractivity contribution in [3.8, 4) is 0 Å². The van der Waals surface area contributed by atoms with Crippen LogP contribution in [0.15, 0.2) is 17.5 Å². The van der Waals surface area contributed by atoms with Gasteiger partial charge in [0.05, 0.1) is 6.42 Å². The molecule has 1 saturated carbocycles. The Morgan fingerprint density at radius 1 is 1.56 bits per heavy atom. The molecular formula is C12H18N2OS. The van der Waals surface area contributed by atoms with E-state index in [1.165, 1.54) is 6.42 Å². The number of carbonyl (C=O) groups is 1. The standard InChI is InChI=1S/C12H18N2OS/c13-8-9-3-1-5-11(9)14-12(15)7-10-4-2-6-16-10/h2,4,6,9,11H,1,3,5,7-8,13H2,(H,14,15). The molecular weight excluding hydrogens is 220 g/mol. The Hall–Kier alpha value is -0.870. The van der Waals surface area contributed by atoms with Gasteiger partial charge in [0.1, 0.15) is 0 Å². The summed E-state index contributed by atoms with van der Waals surface area (Å²) in [6, 6.07) is 4.28. The van der Waals surface area contributed by atoms with Gasteiger partial charge in [-0.15, -0.1) is 11.3 Å². The first-order valence-corrected chi connectivity index (χ1v) is 6.69. The Kier molecular flexibility index (Phi) is 3.96. The molecule has 1 amide bonds. The van der Waals surface area contributed by atoms with E-state index in [-0.39, 0.29) is 5.91 Å². The molecule has 1 heterocycles. The van der Waals surface area contributed by atoms with Crippen LogP contribution in [0.2, 0.25) is 0 Å². The Morgan fingerprint density at radius 2 is 2.44 bits per heavy atom. The number of carbonyl (C=O) groups excluding carboxylic acids is 1. The van der Waals surface area contributed by atoms with Crippen molar-refractivity contribution >= 4 is 17.2 Å². The van der Waals surface area contributed by atoms with Gasteiger partial charge in [-0.05, 0) is 36.8 Å². The third-order valence-corrected chi connectivity index (χ3v) is 4.10. The molecule has 1 aromatic heterocycles. The number of nitrogens with two attached hydrogens (primary N) is 1. The fourth-order valence-corrected chi connectivity index (χ4v) is 3.04. The smallest absolute Gasteiger partial charge is 0.225 e. The highest BCUT2D eigenvalue weighted by atomic mass is 32.1. The van der Waals surface area contributed by atoms with Crippen molar-refractivity contribution in [1.82, 2.24) is 5.32 Å². The molecule has 0 saturated heterocycles. The zero-order valence-electron chi connectivity index (χ0n) is 9.32. The number of nitrogens with one attached hydrogen (secondary N) is 1. The van der Waals surface area contributed by atoms with Crippen LogP contribution in [0.1, 0.15) is 24.1 Å². The molecule has 16 heavy (non-hydrogen) atoms. The maximum atomic E-state index is 11.8. The van der Waals surface area contributed by atoms with Crippen LogP contribution in [0.4, 0.5) is 0 Å². The molecule has 0 aliphatic heterocycles. The molecule has 1 fully saturated rings. The third kappa shape index (κ3) is 2.83. The van der Waals surface area contributed by atoms with Crippen LogP contribution in [-0.4, -0.2) is 18.5 Å². The lowest BCUT2D eigenvalue weighted by atomic mass is 10.0. The average Bonchev–Trinajstić information content (AvgIpc) is 2.88. The van der Waals surface area contributed by atoms with Crippen LogP contribution in [0, 0.1) is 5.92 Å². The van der Waals surface area contributed by atoms with Gasteiger partial charge in [-0.3, -0.25) is 4.79 Å². The minimum Gasteiger partial charge on any atom is -0.353 e. The second-order valence-electron chi connectivity index (χ2n) is 4.36. The normalized spacial score (nSPS) is 24.6. The number of hydrogen-bond acceptors (Lipinski definition) is 3. The van der Waals surface area contributed by atoms with Crippen LogP contribution >= 0.6 is 11.3 Å². The molecule has 2 unspecified atom stereocenters. The summed E-state index contributed by atoms with van der Waals surface area (Å²) in [5, 5.41) is 5.11. The van der Waals surface area contributed by atoms with Crippen LogP contribution in [0.3, 0.4) is 0 Å². The molecule has 3 N–H and O–H groups in total. The first kappa shape index (κ1) is 11.6.